The number of ether oxygens (including phenoxy) is 2. The lowest BCUT2D eigenvalue weighted by molar-refractivity contribution is -0.274. The van der Waals surface area contributed by atoms with Crippen LogP contribution in [0, 0.1) is 0 Å². The van der Waals surface area contributed by atoms with Crippen LogP contribution in [0.5, 0.6) is 11.5 Å². The lowest BCUT2D eigenvalue weighted by Gasteiger charge is -2.13. The molecule has 3 rings (SSSR count). The van der Waals surface area contributed by atoms with Gasteiger partial charge >= 0.3 is 18.9 Å². The molecule has 0 aliphatic carbocycles. The van der Waals surface area contributed by atoms with Crippen LogP contribution >= 0.6 is 0 Å². The zero-order chi connectivity index (χ0) is 24.0. The molecule has 174 valence electrons. The van der Waals surface area contributed by atoms with Gasteiger partial charge in [-0.25, -0.2) is 4.98 Å². The van der Waals surface area contributed by atoms with Gasteiger partial charge in [0.1, 0.15) is 23.9 Å². The number of carboxylic acids is 1. The summed E-state index contributed by atoms with van der Waals surface area (Å²) in [5.41, 5.74) is 0.812. The largest absolute Gasteiger partial charge is 0.573 e. The summed E-state index contributed by atoms with van der Waals surface area (Å²) in [7, 11) is 0. The second-order valence-corrected chi connectivity index (χ2v) is 6.31. The summed E-state index contributed by atoms with van der Waals surface area (Å²) in [6.45, 7) is -3.49. The van der Waals surface area contributed by atoms with E-state index in [2.05, 4.69) is 30.1 Å². The third kappa shape index (κ3) is 7.48. The van der Waals surface area contributed by atoms with Crippen LogP contribution in [0.1, 0.15) is 0 Å². The molecule has 3 aromatic rings. The second kappa shape index (κ2) is 9.97. The summed E-state index contributed by atoms with van der Waals surface area (Å²) in [5.74, 6) is -1.68. The van der Waals surface area contributed by atoms with Gasteiger partial charge in [-0.15, -0.1) is 13.2 Å². The van der Waals surface area contributed by atoms with Crippen molar-refractivity contribution in [3.8, 4) is 22.8 Å². The summed E-state index contributed by atoms with van der Waals surface area (Å²) >= 11 is 0. The van der Waals surface area contributed by atoms with Gasteiger partial charge in [-0.3, -0.25) is 4.79 Å². The number of alkyl halides is 5. The summed E-state index contributed by atoms with van der Waals surface area (Å²) in [4.78, 5) is 19.1. The molecule has 1 heterocycles. The van der Waals surface area contributed by atoms with Crippen molar-refractivity contribution in [1.82, 2.24) is 9.97 Å². The molecule has 0 unspecified atom stereocenters. The number of hydrogen-bond donors (Lipinski definition) is 3. The van der Waals surface area contributed by atoms with Crippen molar-refractivity contribution in [3.05, 3.63) is 54.6 Å². The van der Waals surface area contributed by atoms with Gasteiger partial charge in [0, 0.05) is 17.3 Å². The first kappa shape index (κ1) is 23.5. The van der Waals surface area contributed by atoms with E-state index in [4.69, 9.17) is 5.11 Å². The smallest absolute Gasteiger partial charge is 0.480 e. The number of carbonyl (C=O) groups is 1. The Hall–Kier alpha value is -4.16. The zero-order valence-corrected chi connectivity index (χ0v) is 16.4. The molecule has 1 aromatic heterocycles. The van der Waals surface area contributed by atoms with Crippen molar-refractivity contribution in [2.45, 2.75) is 13.0 Å². The van der Waals surface area contributed by atoms with Gasteiger partial charge in [-0.05, 0) is 36.4 Å². The van der Waals surface area contributed by atoms with Gasteiger partial charge < -0.3 is 25.2 Å². The molecular formula is C20H15F5N4O4. The van der Waals surface area contributed by atoms with Crippen molar-refractivity contribution >= 4 is 23.4 Å². The minimum Gasteiger partial charge on any atom is -0.480 e. The first-order valence-electron chi connectivity index (χ1n) is 9.10. The van der Waals surface area contributed by atoms with E-state index in [1.165, 1.54) is 42.5 Å². The van der Waals surface area contributed by atoms with Crippen LogP contribution in [-0.2, 0) is 4.79 Å². The number of aliphatic carboxylic acids is 1. The number of nitrogens with one attached hydrogen (secondary N) is 2. The molecule has 13 heteroatoms. The van der Waals surface area contributed by atoms with Crippen LogP contribution in [0.2, 0.25) is 0 Å². The SMILES string of the molecule is O=C(O)CNc1nc(Nc2ccc(OC(F)F)cc2)cc(-c2cccc(OC(F)(F)F)c2)n1. The number of carboxylic acid groups (broad SMARTS) is 1. The maximum atomic E-state index is 12.5. The van der Waals surface area contributed by atoms with E-state index >= 15 is 0 Å². The predicted molar refractivity (Wildman–Crippen MR) is 107 cm³/mol. The second-order valence-electron chi connectivity index (χ2n) is 6.31. The highest BCUT2D eigenvalue weighted by molar-refractivity contribution is 5.73. The van der Waals surface area contributed by atoms with Crippen molar-refractivity contribution in [1.29, 1.82) is 0 Å². The first-order chi connectivity index (χ1) is 15.6. The maximum absolute atomic E-state index is 12.5. The number of anilines is 3. The summed E-state index contributed by atoms with van der Waals surface area (Å²) in [5, 5.41) is 14.2. The number of aromatic nitrogens is 2. The molecule has 0 radical (unpaired) electrons. The monoisotopic (exact) mass is 470 g/mol. The van der Waals surface area contributed by atoms with Crippen LogP contribution in [-0.4, -0.2) is 40.6 Å². The van der Waals surface area contributed by atoms with Crippen LogP contribution in [0.15, 0.2) is 54.6 Å². The predicted octanol–water partition coefficient (Wildman–Crippen LogP) is 4.88. The molecule has 0 atom stereocenters. The average molecular weight is 470 g/mol. The Morgan fingerprint density at radius 2 is 1.76 bits per heavy atom. The Kier molecular flexibility index (Phi) is 7.10. The Balaban J connectivity index is 1.91. The lowest BCUT2D eigenvalue weighted by Crippen LogP contribution is -2.17. The highest BCUT2D eigenvalue weighted by atomic mass is 19.4. The topological polar surface area (TPSA) is 106 Å². The van der Waals surface area contributed by atoms with Gasteiger partial charge in [-0.1, -0.05) is 12.1 Å². The fourth-order valence-corrected chi connectivity index (χ4v) is 2.61. The Morgan fingerprint density at radius 1 is 1.03 bits per heavy atom. The Bertz CT molecular complexity index is 1110. The molecule has 0 saturated carbocycles. The van der Waals surface area contributed by atoms with Crippen molar-refractivity contribution in [2.24, 2.45) is 0 Å². The summed E-state index contributed by atoms with van der Waals surface area (Å²) in [6.07, 6.45) is -4.88. The van der Waals surface area contributed by atoms with Gasteiger partial charge in [0.05, 0.1) is 5.69 Å². The highest BCUT2D eigenvalue weighted by Crippen LogP contribution is 2.29. The molecule has 33 heavy (non-hydrogen) atoms. The summed E-state index contributed by atoms with van der Waals surface area (Å²) in [6, 6.07) is 11.9. The fraction of sp³-hybridized carbons (Fsp3) is 0.150. The van der Waals surface area contributed by atoms with E-state index in [1.807, 2.05) is 0 Å². The minimum atomic E-state index is -4.88. The molecule has 3 N–H and O–H groups in total. The number of halogens is 5. The molecule has 0 amide bonds. The third-order valence-corrected chi connectivity index (χ3v) is 3.84. The van der Waals surface area contributed by atoms with E-state index in [0.29, 0.717) is 5.69 Å². The molecule has 8 nitrogen and oxygen atoms in total. The molecule has 0 aliphatic rings. The van der Waals surface area contributed by atoms with Crippen LogP contribution in [0.4, 0.5) is 39.4 Å². The van der Waals surface area contributed by atoms with Crippen LogP contribution in [0.3, 0.4) is 0 Å². The van der Waals surface area contributed by atoms with Crippen molar-refractivity contribution in [3.63, 3.8) is 0 Å². The van der Waals surface area contributed by atoms with Crippen LogP contribution < -0.4 is 20.1 Å². The molecule has 0 spiro atoms. The van der Waals surface area contributed by atoms with E-state index < -0.39 is 31.2 Å². The van der Waals surface area contributed by atoms with Crippen molar-refractivity contribution < 1.29 is 41.3 Å². The Morgan fingerprint density at radius 3 is 2.39 bits per heavy atom. The molecule has 0 bridgehead atoms. The van der Waals surface area contributed by atoms with Gasteiger partial charge in [0.15, 0.2) is 0 Å². The van der Waals surface area contributed by atoms with E-state index in [1.54, 1.807) is 0 Å². The third-order valence-electron chi connectivity index (χ3n) is 3.84. The van der Waals surface area contributed by atoms with E-state index in [-0.39, 0.29) is 28.8 Å². The quantitative estimate of drug-likeness (QED) is 0.380. The zero-order valence-electron chi connectivity index (χ0n) is 16.4. The van der Waals surface area contributed by atoms with E-state index in [9.17, 15) is 26.7 Å². The highest BCUT2D eigenvalue weighted by Gasteiger charge is 2.31. The lowest BCUT2D eigenvalue weighted by atomic mass is 10.1. The molecule has 0 saturated heterocycles. The standard InChI is InChI=1S/C20H15F5N4O4/c21-18(22)32-13-6-4-12(5-7-13)27-16-9-15(28-19(29-16)26-10-17(30)31)11-2-1-3-14(8-11)33-20(23,24)25/h1-9,18H,10H2,(H,30,31)(H2,26,27,28,29). The number of hydrogen-bond acceptors (Lipinski definition) is 7. The van der Waals surface area contributed by atoms with Gasteiger partial charge in [0.2, 0.25) is 5.95 Å². The minimum absolute atomic E-state index is 0.0655. The molecule has 0 fully saturated rings. The number of benzene rings is 2. The molecule has 2 aromatic carbocycles. The normalized spacial score (nSPS) is 11.2. The molecule has 0 aliphatic heterocycles. The fourth-order valence-electron chi connectivity index (χ4n) is 2.61. The van der Waals surface area contributed by atoms with Crippen LogP contribution in [0.25, 0.3) is 11.3 Å². The van der Waals surface area contributed by atoms with E-state index in [0.717, 1.165) is 12.1 Å². The Labute approximate surface area is 183 Å². The van der Waals surface area contributed by atoms with Gasteiger partial charge in [-0.2, -0.15) is 13.8 Å². The number of rotatable bonds is 9. The molecular weight excluding hydrogens is 455 g/mol. The first-order valence-corrected chi connectivity index (χ1v) is 9.10. The number of nitrogens with zero attached hydrogens (tertiary/aromatic N) is 2. The maximum Gasteiger partial charge on any atom is 0.573 e. The van der Waals surface area contributed by atoms with Crippen molar-refractivity contribution in [2.75, 3.05) is 17.2 Å². The summed E-state index contributed by atoms with van der Waals surface area (Å²) < 4.78 is 70.4. The van der Waals surface area contributed by atoms with Gasteiger partial charge in [0.25, 0.3) is 0 Å². The average Bonchev–Trinajstić information content (AvgIpc) is 2.72.